The molecule has 0 fully saturated rings. The molecule has 0 aliphatic carbocycles. The minimum Gasteiger partial charge on any atom is -0.492 e. The summed E-state index contributed by atoms with van der Waals surface area (Å²) in [5.41, 5.74) is 17.7. The van der Waals surface area contributed by atoms with Crippen molar-refractivity contribution in [1.82, 2.24) is 0 Å². The van der Waals surface area contributed by atoms with Crippen LogP contribution in [0.2, 0.25) is 0 Å². The van der Waals surface area contributed by atoms with Gasteiger partial charge in [-0.1, -0.05) is 30.3 Å². The van der Waals surface area contributed by atoms with Crippen LogP contribution >= 0.6 is 11.8 Å². The maximum Gasteiger partial charge on any atom is 0.205 e. The molecule has 1 aromatic carbocycles. The molecule has 0 radical (unpaired) electrons. The molecule has 1 unspecified atom stereocenters. The van der Waals surface area contributed by atoms with Crippen LogP contribution in [-0.2, 0) is 10.5 Å². The zero-order valence-corrected chi connectivity index (χ0v) is 13.1. The Morgan fingerprint density at radius 1 is 1.14 bits per heavy atom. The molecule has 1 rings (SSSR count). The first kappa shape index (κ1) is 18.0. The highest BCUT2D eigenvalue weighted by Crippen LogP contribution is 2.19. The zero-order chi connectivity index (χ0) is 15.5. The average molecular weight is 311 g/mol. The standard InChI is InChI=1S/C15H25N3O2S/c16-8-2-1-3-14(18)15(19)21-11-12-4-6-13(7-5-12)20-10-9-17/h4-7,14H,1-3,8-11,16-18H2. The van der Waals surface area contributed by atoms with Crippen LogP contribution in [0.5, 0.6) is 5.75 Å². The van der Waals surface area contributed by atoms with Crippen molar-refractivity contribution < 1.29 is 9.53 Å². The molecule has 21 heavy (non-hydrogen) atoms. The summed E-state index contributed by atoms with van der Waals surface area (Å²) in [5, 5.41) is 0.0375. The Morgan fingerprint density at radius 3 is 2.48 bits per heavy atom. The Bertz CT molecular complexity index is 412. The molecule has 0 aliphatic heterocycles. The van der Waals surface area contributed by atoms with Gasteiger partial charge in [-0.2, -0.15) is 0 Å². The predicted octanol–water partition coefficient (Wildman–Crippen LogP) is 1.24. The van der Waals surface area contributed by atoms with Gasteiger partial charge in [0.05, 0.1) is 6.04 Å². The second-order valence-corrected chi connectivity index (χ2v) is 5.76. The van der Waals surface area contributed by atoms with Gasteiger partial charge >= 0.3 is 0 Å². The van der Waals surface area contributed by atoms with E-state index in [1.165, 1.54) is 11.8 Å². The van der Waals surface area contributed by atoms with Crippen LogP contribution in [0.4, 0.5) is 0 Å². The molecule has 6 N–H and O–H groups in total. The second-order valence-electron chi connectivity index (χ2n) is 4.78. The molecule has 0 spiro atoms. The number of benzene rings is 1. The van der Waals surface area contributed by atoms with E-state index in [1.807, 2.05) is 24.3 Å². The number of carbonyl (C=O) groups is 1. The Hall–Kier alpha value is -1.08. The van der Waals surface area contributed by atoms with Crippen LogP contribution in [0.25, 0.3) is 0 Å². The van der Waals surface area contributed by atoms with Crippen LogP contribution in [0.3, 0.4) is 0 Å². The molecule has 0 aromatic heterocycles. The van der Waals surface area contributed by atoms with E-state index >= 15 is 0 Å². The summed E-state index contributed by atoms with van der Waals surface area (Å²) in [6, 6.07) is 7.28. The maximum absolute atomic E-state index is 11.9. The summed E-state index contributed by atoms with van der Waals surface area (Å²) in [4.78, 5) is 11.9. The fraction of sp³-hybridized carbons (Fsp3) is 0.533. The van der Waals surface area contributed by atoms with E-state index in [9.17, 15) is 4.79 Å². The predicted molar refractivity (Wildman–Crippen MR) is 88.2 cm³/mol. The molecule has 0 bridgehead atoms. The van der Waals surface area contributed by atoms with Crippen molar-refractivity contribution >= 4 is 16.9 Å². The molecule has 1 aromatic rings. The van der Waals surface area contributed by atoms with E-state index in [0.29, 0.717) is 31.9 Å². The van der Waals surface area contributed by atoms with Gasteiger partial charge in [0.25, 0.3) is 0 Å². The van der Waals surface area contributed by atoms with Crippen molar-refractivity contribution in [3.63, 3.8) is 0 Å². The summed E-state index contributed by atoms with van der Waals surface area (Å²) in [5.74, 6) is 1.42. The van der Waals surface area contributed by atoms with Gasteiger partial charge in [0.1, 0.15) is 12.4 Å². The third-order valence-electron chi connectivity index (χ3n) is 2.96. The van der Waals surface area contributed by atoms with Crippen LogP contribution in [0, 0.1) is 0 Å². The van der Waals surface area contributed by atoms with Crippen molar-refractivity contribution in [2.75, 3.05) is 19.7 Å². The zero-order valence-electron chi connectivity index (χ0n) is 12.3. The highest BCUT2D eigenvalue weighted by atomic mass is 32.2. The van der Waals surface area contributed by atoms with Gasteiger partial charge in [-0.15, -0.1) is 0 Å². The smallest absolute Gasteiger partial charge is 0.205 e. The van der Waals surface area contributed by atoms with Gasteiger partial charge in [-0.3, -0.25) is 4.79 Å². The van der Waals surface area contributed by atoms with E-state index in [1.54, 1.807) is 0 Å². The summed E-state index contributed by atoms with van der Waals surface area (Å²) < 4.78 is 5.40. The number of hydrogen-bond donors (Lipinski definition) is 3. The van der Waals surface area contributed by atoms with Crippen molar-refractivity contribution in [3.8, 4) is 5.75 Å². The Balaban J connectivity index is 2.31. The summed E-state index contributed by atoms with van der Waals surface area (Å²) >= 11 is 1.26. The second kappa shape index (κ2) is 10.6. The molecule has 0 saturated heterocycles. The molecule has 0 amide bonds. The van der Waals surface area contributed by atoms with Crippen molar-refractivity contribution in [2.45, 2.75) is 31.1 Å². The number of thioether (sulfide) groups is 1. The van der Waals surface area contributed by atoms with Crippen LogP contribution in [0.15, 0.2) is 24.3 Å². The first-order valence-electron chi connectivity index (χ1n) is 7.21. The van der Waals surface area contributed by atoms with Crippen LogP contribution < -0.4 is 21.9 Å². The van der Waals surface area contributed by atoms with E-state index < -0.39 is 6.04 Å². The molecule has 0 aliphatic rings. The number of rotatable bonds is 10. The van der Waals surface area contributed by atoms with Crippen LogP contribution in [-0.4, -0.2) is 30.9 Å². The number of ether oxygens (including phenoxy) is 1. The summed E-state index contributed by atoms with van der Waals surface area (Å²) in [7, 11) is 0. The minimum absolute atomic E-state index is 0.0375. The topological polar surface area (TPSA) is 104 Å². The first-order chi connectivity index (χ1) is 10.2. The lowest BCUT2D eigenvalue weighted by molar-refractivity contribution is -0.112. The molecular weight excluding hydrogens is 286 g/mol. The van der Waals surface area contributed by atoms with Gasteiger partial charge < -0.3 is 21.9 Å². The average Bonchev–Trinajstić information content (AvgIpc) is 2.51. The fourth-order valence-corrected chi connectivity index (χ4v) is 2.58. The van der Waals surface area contributed by atoms with E-state index in [-0.39, 0.29) is 5.12 Å². The number of carbonyl (C=O) groups excluding carboxylic acids is 1. The summed E-state index contributed by atoms with van der Waals surface area (Å²) in [6.07, 6.45) is 2.52. The van der Waals surface area contributed by atoms with E-state index in [0.717, 1.165) is 24.2 Å². The van der Waals surface area contributed by atoms with E-state index in [2.05, 4.69) is 0 Å². The highest BCUT2D eigenvalue weighted by Gasteiger charge is 2.13. The molecule has 0 saturated carbocycles. The van der Waals surface area contributed by atoms with Crippen LogP contribution in [0.1, 0.15) is 24.8 Å². The number of hydrogen-bond acceptors (Lipinski definition) is 6. The summed E-state index contributed by atoms with van der Waals surface area (Å²) in [6.45, 7) is 1.64. The van der Waals surface area contributed by atoms with E-state index in [4.69, 9.17) is 21.9 Å². The van der Waals surface area contributed by atoms with Gasteiger partial charge in [0.15, 0.2) is 0 Å². The third-order valence-corrected chi connectivity index (χ3v) is 4.03. The molecular formula is C15H25N3O2S. The van der Waals surface area contributed by atoms with Crippen molar-refractivity contribution in [1.29, 1.82) is 0 Å². The number of unbranched alkanes of at least 4 members (excludes halogenated alkanes) is 1. The molecule has 118 valence electrons. The minimum atomic E-state index is -0.395. The third kappa shape index (κ3) is 7.47. The normalized spacial score (nSPS) is 12.1. The van der Waals surface area contributed by atoms with Gasteiger partial charge in [-0.25, -0.2) is 0 Å². The van der Waals surface area contributed by atoms with Crippen molar-refractivity contribution in [2.24, 2.45) is 17.2 Å². The van der Waals surface area contributed by atoms with Gasteiger partial charge in [-0.05, 0) is 37.1 Å². The lowest BCUT2D eigenvalue weighted by Crippen LogP contribution is -2.28. The Labute approximate surface area is 130 Å². The van der Waals surface area contributed by atoms with Gasteiger partial charge in [0.2, 0.25) is 5.12 Å². The molecule has 1 atom stereocenters. The first-order valence-corrected chi connectivity index (χ1v) is 8.20. The Morgan fingerprint density at radius 2 is 1.86 bits per heavy atom. The lowest BCUT2D eigenvalue weighted by Gasteiger charge is -2.10. The molecule has 0 heterocycles. The highest BCUT2D eigenvalue weighted by molar-refractivity contribution is 8.13. The maximum atomic E-state index is 11.9. The molecule has 6 heteroatoms. The number of nitrogens with two attached hydrogens (primary N) is 3. The monoisotopic (exact) mass is 311 g/mol. The van der Waals surface area contributed by atoms with Gasteiger partial charge in [0, 0.05) is 12.3 Å². The Kier molecular flexibility index (Phi) is 9.09. The SMILES string of the molecule is NCCCCC(N)C(=O)SCc1ccc(OCCN)cc1. The largest absolute Gasteiger partial charge is 0.492 e. The van der Waals surface area contributed by atoms with Crippen molar-refractivity contribution in [3.05, 3.63) is 29.8 Å². The molecule has 5 nitrogen and oxygen atoms in total. The quantitative estimate of drug-likeness (QED) is 0.562. The lowest BCUT2D eigenvalue weighted by atomic mass is 10.1. The fourth-order valence-electron chi connectivity index (χ4n) is 1.75.